The largest absolute Gasteiger partial charge is 0.308 e. The highest BCUT2D eigenvalue weighted by atomic mass is 79.9. The van der Waals surface area contributed by atoms with Crippen molar-refractivity contribution in [2.75, 3.05) is 0 Å². The highest BCUT2D eigenvalue weighted by molar-refractivity contribution is 9.10. The average Bonchev–Trinajstić information content (AvgIpc) is 2.16. The van der Waals surface area contributed by atoms with Crippen molar-refractivity contribution in [2.24, 2.45) is 5.41 Å². The van der Waals surface area contributed by atoms with E-state index in [0.717, 1.165) is 13.0 Å². The van der Waals surface area contributed by atoms with E-state index in [0.29, 0.717) is 5.41 Å². The van der Waals surface area contributed by atoms with Gasteiger partial charge >= 0.3 is 0 Å². The second kappa shape index (κ2) is 5.75. The molecule has 102 valence electrons. The Bertz CT molecular complexity index is 402. The van der Waals surface area contributed by atoms with Gasteiger partial charge in [-0.2, -0.15) is 0 Å². The molecule has 0 bridgehead atoms. The van der Waals surface area contributed by atoms with E-state index < -0.39 is 0 Å². The van der Waals surface area contributed by atoms with Crippen LogP contribution in [0.4, 0.5) is 0 Å². The van der Waals surface area contributed by atoms with Gasteiger partial charge < -0.3 is 5.32 Å². The van der Waals surface area contributed by atoms with E-state index in [4.69, 9.17) is 0 Å². The fraction of sp³-hybridized carbons (Fsp3) is 0.625. The number of hydrogen-bond acceptors (Lipinski definition) is 1. The van der Waals surface area contributed by atoms with Crippen LogP contribution in [0.2, 0.25) is 0 Å². The van der Waals surface area contributed by atoms with E-state index in [-0.39, 0.29) is 5.54 Å². The number of aryl methyl sites for hydroxylation is 1. The normalized spacial score (nSPS) is 12.8. The number of rotatable bonds is 4. The molecule has 2 heteroatoms. The van der Waals surface area contributed by atoms with Gasteiger partial charge in [0.05, 0.1) is 0 Å². The van der Waals surface area contributed by atoms with E-state index in [1.165, 1.54) is 15.6 Å². The molecule has 0 atom stereocenters. The Balaban J connectivity index is 2.61. The summed E-state index contributed by atoms with van der Waals surface area (Å²) in [5.74, 6) is 0. The Morgan fingerprint density at radius 1 is 1.11 bits per heavy atom. The smallest absolute Gasteiger partial charge is 0.0210 e. The topological polar surface area (TPSA) is 12.0 Å². The lowest BCUT2D eigenvalue weighted by molar-refractivity contribution is 0.240. The predicted molar refractivity (Wildman–Crippen MR) is 83.9 cm³/mol. The summed E-state index contributed by atoms with van der Waals surface area (Å²) in [5.41, 5.74) is 3.13. The van der Waals surface area contributed by atoms with Crippen molar-refractivity contribution in [2.45, 2.75) is 60.0 Å². The highest BCUT2D eigenvalue weighted by Crippen LogP contribution is 2.27. The summed E-state index contributed by atoms with van der Waals surface area (Å²) in [6.45, 7) is 14.5. The molecule has 1 aromatic carbocycles. The Hall–Kier alpha value is -0.340. The average molecular weight is 312 g/mol. The first-order chi connectivity index (χ1) is 8.09. The van der Waals surface area contributed by atoms with Crippen LogP contribution in [0.25, 0.3) is 0 Å². The molecule has 0 aromatic heterocycles. The molecule has 0 fully saturated rings. The van der Waals surface area contributed by atoms with Crippen LogP contribution in [-0.4, -0.2) is 5.54 Å². The zero-order chi connectivity index (χ0) is 14.0. The first-order valence-electron chi connectivity index (χ1n) is 6.59. The fourth-order valence-electron chi connectivity index (χ4n) is 2.48. The van der Waals surface area contributed by atoms with Crippen molar-refractivity contribution in [3.8, 4) is 0 Å². The van der Waals surface area contributed by atoms with E-state index >= 15 is 0 Å². The molecule has 0 aliphatic carbocycles. The highest BCUT2D eigenvalue weighted by Gasteiger charge is 2.24. The van der Waals surface area contributed by atoms with E-state index in [2.05, 4.69) is 81.0 Å². The quantitative estimate of drug-likeness (QED) is 0.819. The molecule has 1 nitrogen and oxygen atoms in total. The molecule has 0 spiro atoms. The molecule has 0 amide bonds. The molecule has 0 aliphatic rings. The van der Waals surface area contributed by atoms with Crippen LogP contribution >= 0.6 is 15.9 Å². The van der Waals surface area contributed by atoms with Crippen molar-refractivity contribution >= 4 is 15.9 Å². The van der Waals surface area contributed by atoms with Crippen molar-refractivity contribution in [1.82, 2.24) is 5.32 Å². The van der Waals surface area contributed by atoms with E-state index in [1.807, 2.05) is 0 Å². The Kier molecular flexibility index (Phi) is 5.02. The maximum absolute atomic E-state index is 3.66. The molecule has 1 rings (SSSR count). The van der Waals surface area contributed by atoms with Crippen molar-refractivity contribution < 1.29 is 0 Å². The predicted octanol–water partition coefficient (Wildman–Crippen LogP) is 5.06. The van der Waals surface area contributed by atoms with Crippen LogP contribution in [-0.2, 0) is 6.54 Å². The second-order valence-electron chi connectivity index (χ2n) is 7.06. The molecule has 1 aromatic rings. The maximum Gasteiger partial charge on any atom is 0.0210 e. The lowest BCUT2D eigenvalue weighted by Gasteiger charge is -2.33. The van der Waals surface area contributed by atoms with Gasteiger partial charge in [0.1, 0.15) is 0 Å². The monoisotopic (exact) mass is 311 g/mol. The van der Waals surface area contributed by atoms with Gasteiger partial charge in [-0.15, -0.1) is 0 Å². The summed E-state index contributed by atoms with van der Waals surface area (Å²) in [5, 5.41) is 3.66. The lowest BCUT2D eigenvalue weighted by atomic mass is 9.82. The first-order valence-corrected chi connectivity index (χ1v) is 7.38. The van der Waals surface area contributed by atoms with Crippen LogP contribution < -0.4 is 5.32 Å². The number of nitrogens with one attached hydrogen (secondary N) is 1. The van der Waals surface area contributed by atoms with E-state index in [1.54, 1.807) is 0 Å². The van der Waals surface area contributed by atoms with Crippen LogP contribution in [0.15, 0.2) is 22.7 Å². The van der Waals surface area contributed by atoms with Gasteiger partial charge in [-0.3, -0.25) is 0 Å². The van der Waals surface area contributed by atoms with Crippen LogP contribution in [0.3, 0.4) is 0 Å². The molecular weight excluding hydrogens is 286 g/mol. The second-order valence-corrected chi connectivity index (χ2v) is 7.91. The van der Waals surface area contributed by atoms with Gasteiger partial charge in [0.2, 0.25) is 0 Å². The SMILES string of the molecule is Cc1ccc(CNC(C)(C)CC(C)(C)C)cc1Br. The zero-order valence-electron chi connectivity index (χ0n) is 12.5. The van der Waals surface area contributed by atoms with Gasteiger partial charge in [0, 0.05) is 16.6 Å². The summed E-state index contributed by atoms with van der Waals surface area (Å²) in [7, 11) is 0. The minimum Gasteiger partial charge on any atom is -0.308 e. The van der Waals surface area contributed by atoms with Gasteiger partial charge in [0.25, 0.3) is 0 Å². The third-order valence-corrected chi connectivity index (χ3v) is 3.83. The summed E-state index contributed by atoms with van der Waals surface area (Å²) in [4.78, 5) is 0. The molecule has 0 radical (unpaired) electrons. The third-order valence-electron chi connectivity index (χ3n) is 2.98. The van der Waals surface area contributed by atoms with Crippen LogP contribution in [0.1, 0.15) is 52.2 Å². The minimum atomic E-state index is 0.162. The molecule has 0 aliphatic heterocycles. The fourth-order valence-corrected chi connectivity index (χ4v) is 2.90. The van der Waals surface area contributed by atoms with E-state index in [9.17, 15) is 0 Å². The van der Waals surface area contributed by atoms with Crippen LogP contribution in [0.5, 0.6) is 0 Å². The molecular formula is C16H26BrN. The first kappa shape index (κ1) is 15.7. The Labute approximate surface area is 120 Å². The minimum absolute atomic E-state index is 0.162. The maximum atomic E-state index is 3.66. The standard InChI is InChI=1S/C16H26BrN/c1-12-7-8-13(9-14(12)17)10-18-16(5,6)11-15(2,3)4/h7-9,18H,10-11H2,1-6H3. The zero-order valence-corrected chi connectivity index (χ0v) is 14.1. The number of benzene rings is 1. The molecule has 1 N–H and O–H groups in total. The Morgan fingerprint density at radius 2 is 1.72 bits per heavy atom. The van der Waals surface area contributed by atoms with Gasteiger partial charge in [-0.05, 0) is 49.8 Å². The summed E-state index contributed by atoms with van der Waals surface area (Å²) in [6.07, 6.45) is 1.16. The number of hydrogen-bond donors (Lipinski definition) is 1. The van der Waals surface area contributed by atoms with Gasteiger partial charge in [0.15, 0.2) is 0 Å². The molecule has 0 saturated heterocycles. The number of halogens is 1. The third kappa shape index (κ3) is 5.53. The van der Waals surface area contributed by atoms with Crippen molar-refractivity contribution in [1.29, 1.82) is 0 Å². The lowest BCUT2D eigenvalue weighted by Crippen LogP contribution is -2.41. The van der Waals surface area contributed by atoms with Crippen molar-refractivity contribution in [3.05, 3.63) is 33.8 Å². The summed E-state index contributed by atoms with van der Waals surface area (Å²) < 4.78 is 1.19. The molecule has 18 heavy (non-hydrogen) atoms. The summed E-state index contributed by atoms with van der Waals surface area (Å²) in [6, 6.07) is 6.56. The summed E-state index contributed by atoms with van der Waals surface area (Å²) >= 11 is 3.59. The molecule has 0 unspecified atom stereocenters. The van der Waals surface area contributed by atoms with Gasteiger partial charge in [-0.25, -0.2) is 0 Å². The van der Waals surface area contributed by atoms with Crippen molar-refractivity contribution in [3.63, 3.8) is 0 Å². The van der Waals surface area contributed by atoms with Crippen LogP contribution in [0, 0.1) is 12.3 Å². The van der Waals surface area contributed by atoms with Gasteiger partial charge in [-0.1, -0.05) is 48.8 Å². The molecule has 0 heterocycles. The molecule has 0 saturated carbocycles. The Morgan fingerprint density at radius 3 is 2.22 bits per heavy atom.